The van der Waals surface area contributed by atoms with Crippen molar-refractivity contribution in [1.29, 1.82) is 0 Å². The summed E-state index contributed by atoms with van der Waals surface area (Å²) in [6.45, 7) is 5.68. The van der Waals surface area contributed by atoms with E-state index in [1.54, 1.807) is 0 Å². The number of nitrogens with zero attached hydrogens (tertiary/aromatic N) is 3. The second-order valence-corrected chi connectivity index (χ2v) is 4.76. The van der Waals surface area contributed by atoms with Crippen molar-refractivity contribution >= 4 is 22.6 Å². The molecule has 0 aromatic carbocycles. The number of aromatic nitrogens is 2. The summed E-state index contributed by atoms with van der Waals surface area (Å²) in [7, 11) is 0. The van der Waals surface area contributed by atoms with Gasteiger partial charge in [-0.15, -0.1) is 0 Å². The van der Waals surface area contributed by atoms with E-state index in [9.17, 15) is 0 Å². The number of hydrogen-bond acceptors (Lipinski definition) is 6. The third-order valence-corrected chi connectivity index (χ3v) is 3.20. The number of anilines is 2. The van der Waals surface area contributed by atoms with Gasteiger partial charge in [0, 0.05) is 24.1 Å². The molecule has 0 aliphatic carbocycles. The summed E-state index contributed by atoms with van der Waals surface area (Å²) in [4.78, 5) is 6.56. The Kier molecular flexibility index (Phi) is 3.37. The minimum Gasteiger partial charge on any atom is -0.367 e. The third-order valence-electron chi connectivity index (χ3n) is 2.54. The first-order chi connectivity index (χ1) is 7.24. The van der Waals surface area contributed by atoms with Gasteiger partial charge >= 0.3 is 0 Å². The number of hydrogen-bond donors (Lipinski definition) is 2. The molecule has 1 aliphatic heterocycles. The van der Waals surface area contributed by atoms with Crippen LogP contribution in [-0.4, -0.2) is 39.9 Å². The Morgan fingerprint density at radius 3 is 2.87 bits per heavy atom. The van der Waals surface area contributed by atoms with E-state index in [0.717, 1.165) is 11.7 Å². The van der Waals surface area contributed by atoms with Gasteiger partial charge in [0.15, 0.2) is 0 Å². The Bertz CT molecular complexity index is 307. The maximum atomic E-state index is 5.46. The van der Waals surface area contributed by atoms with Crippen LogP contribution >= 0.6 is 11.5 Å². The molecule has 1 saturated heterocycles. The molecule has 0 bridgehead atoms. The van der Waals surface area contributed by atoms with E-state index >= 15 is 0 Å². The third kappa shape index (κ3) is 3.04. The molecule has 0 amide bonds. The zero-order valence-corrected chi connectivity index (χ0v) is 9.76. The van der Waals surface area contributed by atoms with Crippen molar-refractivity contribution in [3.8, 4) is 0 Å². The van der Waals surface area contributed by atoms with Crippen LogP contribution in [-0.2, 0) is 0 Å². The molecule has 5 nitrogen and oxygen atoms in total. The SMILES string of the molecule is CC(CN1CCCC1)Nc1nc(N)ns1. The molecule has 0 saturated carbocycles. The minimum absolute atomic E-state index is 0.357. The van der Waals surface area contributed by atoms with Crippen molar-refractivity contribution in [3.05, 3.63) is 0 Å². The average Bonchev–Trinajstić information content (AvgIpc) is 2.77. The van der Waals surface area contributed by atoms with Crippen LogP contribution in [0.15, 0.2) is 0 Å². The summed E-state index contributed by atoms with van der Waals surface area (Å²) in [5, 5.41) is 4.13. The molecule has 1 aromatic rings. The van der Waals surface area contributed by atoms with Gasteiger partial charge in [0.1, 0.15) is 0 Å². The Hall–Kier alpha value is -0.880. The highest BCUT2D eigenvalue weighted by atomic mass is 32.1. The normalized spacial score (nSPS) is 19.3. The van der Waals surface area contributed by atoms with Gasteiger partial charge in [0.25, 0.3) is 0 Å². The highest BCUT2D eigenvalue weighted by Gasteiger charge is 2.15. The molecule has 6 heteroatoms. The van der Waals surface area contributed by atoms with Crippen LogP contribution in [0.5, 0.6) is 0 Å². The highest BCUT2D eigenvalue weighted by Crippen LogP contribution is 2.14. The lowest BCUT2D eigenvalue weighted by Gasteiger charge is -2.20. The van der Waals surface area contributed by atoms with Crippen LogP contribution in [0.25, 0.3) is 0 Å². The molecule has 15 heavy (non-hydrogen) atoms. The first-order valence-electron chi connectivity index (χ1n) is 5.32. The molecule has 2 heterocycles. The van der Waals surface area contributed by atoms with Crippen molar-refractivity contribution in [2.45, 2.75) is 25.8 Å². The quantitative estimate of drug-likeness (QED) is 0.803. The summed E-state index contributed by atoms with van der Waals surface area (Å²) >= 11 is 1.32. The molecule has 0 radical (unpaired) electrons. The Balaban J connectivity index is 1.78. The van der Waals surface area contributed by atoms with Crippen LogP contribution in [0, 0.1) is 0 Å². The van der Waals surface area contributed by atoms with Gasteiger partial charge in [-0.2, -0.15) is 9.36 Å². The van der Waals surface area contributed by atoms with E-state index in [2.05, 4.69) is 26.5 Å². The second kappa shape index (κ2) is 4.76. The van der Waals surface area contributed by atoms with Crippen molar-refractivity contribution in [2.75, 3.05) is 30.7 Å². The minimum atomic E-state index is 0.357. The Morgan fingerprint density at radius 1 is 1.53 bits per heavy atom. The molecule has 2 rings (SSSR count). The highest BCUT2D eigenvalue weighted by molar-refractivity contribution is 7.09. The molecular weight excluding hydrogens is 210 g/mol. The lowest BCUT2D eigenvalue weighted by molar-refractivity contribution is 0.328. The monoisotopic (exact) mass is 227 g/mol. The van der Waals surface area contributed by atoms with E-state index in [0.29, 0.717) is 12.0 Å². The fourth-order valence-corrected chi connectivity index (χ4v) is 2.51. The molecule has 1 atom stereocenters. The first kappa shape index (κ1) is 10.6. The maximum Gasteiger partial charge on any atom is 0.233 e. The predicted octanol–water partition coefficient (Wildman–Crippen LogP) is 1.02. The van der Waals surface area contributed by atoms with Gasteiger partial charge in [-0.3, -0.25) is 0 Å². The molecule has 1 aliphatic rings. The summed E-state index contributed by atoms with van der Waals surface area (Å²) < 4.78 is 3.93. The van der Waals surface area contributed by atoms with Crippen molar-refractivity contribution in [1.82, 2.24) is 14.3 Å². The van der Waals surface area contributed by atoms with Crippen LogP contribution in [0.2, 0.25) is 0 Å². The number of nitrogens with two attached hydrogens (primary N) is 1. The predicted molar refractivity (Wildman–Crippen MR) is 63.1 cm³/mol. The topological polar surface area (TPSA) is 67.1 Å². The number of rotatable bonds is 4. The number of likely N-dealkylation sites (tertiary alicyclic amines) is 1. The van der Waals surface area contributed by atoms with E-state index in [-0.39, 0.29) is 0 Å². The van der Waals surface area contributed by atoms with E-state index in [1.165, 1.54) is 37.5 Å². The summed E-state index contributed by atoms with van der Waals surface area (Å²) in [6.07, 6.45) is 2.66. The summed E-state index contributed by atoms with van der Waals surface area (Å²) in [5.74, 6) is 0.357. The van der Waals surface area contributed by atoms with E-state index in [1.807, 2.05) is 0 Å². The van der Waals surface area contributed by atoms with Gasteiger partial charge in [-0.1, -0.05) is 0 Å². The maximum absolute atomic E-state index is 5.46. The van der Waals surface area contributed by atoms with Crippen LogP contribution in [0.1, 0.15) is 19.8 Å². The van der Waals surface area contributed by atoms with Crippen molar-refractivity contribution in [2.24, 2.45) is 0 Å². The molecule has 1 unspecified atom stereocenters. The Labute approximate surface area is 93.9 Å². The molecular formula is C9H17N5S. The van der Waals surface area contributed by atoms with Gasteiger partial charge in [-0.25, -0.2) is 0 Å². The van der Waals surface area contributed by atoms with Gasteiger partial charge in [-0.05, 0) is 32.9 Å². The Morgan fingerprint density at radius 2 is 2.27 bits per heavy atom. The van der Waals surface area contributed by atoms with E-state index < -0.39 is 0 Å². The van der Waals surface area contributed by atoms with Crippen LogP contribution < -0.4 is 11.1 Å². The molecule has 84 valence electrons. The second-order valence-electron chi connectivity index (χ2n) is 4.01. The fraction of sp³-hybridized carbons (Fsp3) is 0.778. The van der Waals surface area contributed by atoms with E-state index in [4.69, 9.17) is 5.73 Å². The summed E-state index contributed by atoms with van der Waals surface area (Å²) in [6, 6.07) is 0.399. The lowest BCUT2D eigenvalue weighted by atomic mass is 10.3. The van der Waals surface area contributed by atoms with Crippen molar-refractivity contribution < 1.29 is 0 Å². The van der Waals surface area contributed by atoms with Crippen LogP contribution in [0.3, 0.4) is 0 Å². The zero-order valence-electron chi connectivity index (χ0n) is 8.94. The fourth-order valence-electron chi connectivity index (χ4n) is 1.90. The van der Waals surface area contributed by atoms with Crippen molar-refractivity contribution in [3.63, 3.8) is 0 Å². The van der Waals surface area contributed by atoms with Gasteiger partial charge in [0.05, 0.1) is 0 Å². The molecule has 1 aromatic heterocycles. The zero-order chi connectivity index (χ0) is 10.7. The lowest BCUT2D eigenvalue weighted by Crippen LogP contribution is -2.32. The standard InChI is InChI=1S/C9H17N5S/c1-7(6-14-4-2-3-5-14)11-9-12-8(10)13-15-9/h7H,2-6H2,1H3,(H3,10,11,12,13). The number of nitrogens with one attached hydrogen (secondary N) is 1. The first-order valence-corrected chi connectivity index (χ1v) is 6.09. The number of nitrogen functional groups attached to an aromatic ring is 1. The molecule has 1 fully saturated rings. The summed E-state index contributed by atoms with van der Waals surface area (Å²) in [5.41, 5.74) is 5.46. The molecule has 0 spiro atoms. The van der Waals surface area contributed by atoms with Gasteiger partial charge < -0.3 is 16.0 Å². The van der Waals surface area contributed by atoms with Crippen LogP contribution in [0.4, 0.5) is 11.1 Å². The smallest absolute Gasteiger partial charge is 0.233 e. The van der Waals surface area contributed by atoms with Gasteiger partial charge in [0.2, 0.25) is 11.1 Å². The largest absolute Gasteiger partial charge is 0.367 e. The average molecular weight is 227 g/mol. The molecule has 3 N–H and O–H groups in total.